The van der Waals surface area contributed by atoms with Gasteiger partial charge in [-0.2, -0.15) is 0 Å². The van der Waals surface area contributed by atoms with Crippen LogP contribution in [0.1, 0.15) is 37.1 Å². The minimum Gasteiger partial charge on any atom is -0.479 e. The fourth-order valence-corrected chi connectivity index (χ4v) is 3.94. The molecule has 2 heterocycles. The number of benzene rings is 1. The van der Waals surface area contributed by atoms with Crippen LogP contribution in [0.4, 0.5) is 5.69 Å². The van der Waals surface area contributed by atoms with Crippen LogP contribution in [-0.4, -0.2) is 36.1 Å². The molecule has 0 fully saturated rings. The van der Waals surface area contributed by atoms with E-state index in [1.165, 1.54) is 4.90 Å². The minimum atomic E-state index is -0.648. The standard InChI is InChI=1S/C21H26N2O4S/c1-12(2)8-9-26-19(24)11-23-17-10-16(20-14(4)28-15(5)22-20)6-7-18(17)27-13(3)21(23)25/h6-7,10,12-13H,8-9,11H2,1-5H3. The van der Waals surface area contributed by atoms with Crippen LogP contribution in [0.15, 0.2) is 18.2 Å². The van der Waals surface area contributed by atoms with Crippen molar-refractivity contribution >= 4 is 28.9 Å². The fourth-order valence-electron chi connectivity index (χ4n) is 3.10. The number of aromatic nitrogens is 1. The van der Waals surface area contributed by atoms with Gasteiger partial charge in [-0.15, -0.1) is 11.3 Å². The zero-order chi connectivity index (χ0) is 20.4. The van der Waals surface area contributed by atoms with Gasteiger partial charge in [0.15, 0.2) is 6.10 Å². The summed E-state index contributed by atoms with van der Waals surface area (Å²) < 4.78 is 11.0. The van der Waals surface area contributed by atoms with Crippen LogP contribution in [0.2, 0.25) is 0 Å². The summed E-state index contributed by atoms with van der Waals surface area (Å²) in [7, 11) is 0. The maximum atomic E-state index is 12.7. The van der Waals surface area contributed by atoms with E-state index < -0.39 is 12.1 Å². The molecule has 28 heavy (non-hydrogen) atoms. The number of aryl methyl sites for hydroxylation is 2. The zero-order valence-corrected chi connectivity index (χ0v) is 17.8. The quantitative estimate of drug-likeness (QED) is 0.680. The number of hydrogen-bond acceptors (Lipinski definition) is 6. The van der Waals surface area contributed by atoms with Crippen molar-refractivity contribution in [3.05, 3.63) is 28.1 Å². The van der Waals surface area contributed by atoms with Gasteiger partial charge < -0.3 is 9.47 Å². The van der Waals surface area contributed by atoms with Crippen molar-refractivity contribution in [1.82, 2.24) is 4.98 Å². The molecule has 1 aliphatic heterocycles. The second-order valence-electron chi connectivity index (χ2n) is 7.41. The van der Waals surface area contributed by atoms with E-state index in [9.17, 15) is 9.59 Å². The normalized spacial score (nSPS) is 16.1. The second kappa shape index (κ2) is 8.31. The van der Waals surface area contributed by atoms with Crippen molar-refractivity contribution < 1.29 is 19.1 Å². The van der Waals surface area contributed by atoms with Gasteiger partial charge >= 0.3 is 5.97 Å². The van der Waals surface area contributed by atoms with Crippen LogP contribution in [0.5, 0.6) is 5.75 Å². The molecule has 0 radical (unpaired) electrons. The zero-order valence-electron chi connectivity index (χ0n) is 16.9. The van der Waals surface area contributed by atoms with E-state index in [0.29, 0.717) is 24.0 Å². The molecule has 2 aromatic rings. The van der Waals surface area contributed by atoms with Gasteiger partial charge in [-0.25, -0.2) is 4.98 Å². The number of amides is 1. The highest BCUT2D eigenvalue weighted by atomic mass is 32.1. The first-order chi connectivity index (χ1) is 13.3. The van der Waals surface area contributed by atoms with Crippen molar-refractivity contribution in [2.45, 2.75) is 47.1 Å². The van der Waals surface area contributed by atoms with Gasteiger partial charge in [0.05, 0.1) is 23.0 Å². The maximum Gasteiger partial charge on any atom is 0.326 e. The molecule has 0 spiro atoms. The van der Waals surface area contributed by atoms with Gasteiger partial charge in [0.1, 0.15) is 12.3 Å². The molecule has 0 N–H and O–H groups in total. The summed E-state index contributed by atoms with van der Waals surface area (Å²) in [4.78, 5) is 32.2. The van der Waals surface area contributed by atoms with E-state index in [4.69, 9.17) is 9.47 Å². The predicted octanol–water partition coefficient (Wildman–Crippen LogP) is 4.13. The van der Waals surface area contributed by atoms with E-state index in [1.54, 1.807) is 18.3 Å². The maximum absolute atomic E-state index is 12.7. The van der Waals surface area contributed by atoms with Gasteiger partial charge in [0.25, 0.3) is 5.91 Å². The molecule has 6 nitrogen and oxygen atoms in total. The molecular formula is C21H26N2O4S. The number of carbonyl (C=O) groups excluding carboxylic acids is 2. The van der Waals surface area contributed by atoms with Crippen molar-refractivity contribution in [3.63, 3.8) is 0 Å². The average molecular weight is 403 g/mol. The monoisotopic (exact) mass is 402 g/mol. The Labute approximate surface area is 169 Å². The summed E-state index contributed by atoms with van der Waals surface area (Å²) in [5.74, 6) is 0.359. The number of fused-ring (bicyclic) bond motifs is 1. The lowest BCUT2D eigenvalue weighted by Crippen LogP contribution is -2.47. The minimum absolute atomic E-state index is 0.129. The third kappa shape index (κ3) is 4.35. The summed E-state index contributed by atoms with van der Waals surface area (Å²) in [6.45, 7) is 10.0. The number of anilines is 1. The highest BCUT2D eigenvalue weighted by molar-refractivity contribution is 7.11. The molecule has 1 aromatic carbocycles. The molecule has 0 bridgehead atoms. The first-order valence-electron chi connectivity index (χ1n) is 9.48. The van der Waals surface area contributed by atoms with Crippen molar-refractivity contribution in [2.75, 3.05) is 18.1 Å². The van der Waals surface area contributed by atoms with E-state index in [1.807, 2.05) is 32.0 Å². The Morgan fingerprint density at radius 3 is 2.75 bits per heavy atom. The summed E-state index contributed by atoms with van der Waals surface area (Å²) >= 11 is 1.63. The Balaban J connectivity index is 1.87. The van der Waals surface area contributed by atoms with Crippen molar-refractivity contribution in [3.8, 4) is 17.0 Å². The Bertz CT molecular complexity index is 891. The second-order valence-corrected chi connectivity index (χ2v) is 8.81. The van der Waals surface area contributed by atoms with Crippen LogP contribution in [0.3, 0.4) is 0 Å². The largest absolute Gasteiger partial charge is 0.479 e. The number of carbonyl (C=O) groups is 2. The van der Waals surface area contributed by atoms with Gasteiger partial charge in [-0.3, -0.25) is 14.5 Å². The van der Waals surface area contributed by atoms with Gasteiger partial charge in [0.2, 0.25) is 0 Å². The van der Waals surface area contributed by atoms with Crippen LogP contribution in [-0.2, 0) is 14.3 Å². The molecule has 150 valence electrons. The molecule has 3 rings (SSSR count). The summed E-state index contributed by atoms with van der Waals surface area (Å²) in [5.41, 5.74) is 2.35. The smallest absolute Gasteiger partial charge is 0.326 e. The molecule has 1 aliphatic rings. The van der Waals surface area contributed by atoms with E-state index in [0.717, 1.165) is 27.6 Å². The number of thiazole rings is 1. The van der Waals surface area contributed by atoms with Crippen LogP contribution in [0, 0.1) is 19.8 Å². The molecule has 1 atom stereocenters. The highest BCUT2D eigenvalue weighted by Gasteiger charge is 2.33. The molecule has 7 heteroatoms. The number of nitrogens with zero attached hydrogens (tertiary/aromatic N) is 2. The lowest BCUT2D eigenvalue weighted by molar-refractivity contribution is -0.143. The van der Waals surface area contributed by atoms with Crippen LogP contribution < -0.4 is 9.64 Å². The first kappa shape index (κ1) is 20.3. The first-order valence-corrected chi connectivity index (χ1v) is 10.3. The molecule has 1 unspecified atom stereocenters. The average Bonchev–Trinajstić information content (AvgIpc) is 2.96. The lowest BCUT2D eigenvalue weighted by Gasteiger charge is -2.32. The Hall–Kier alpha value is -2.41. The predicted molar refractivity (Wildman–Crippen MR) is 110 cm³/mol. The Kier molecular flexibility index (Phi) is 6.03. The molecule has 0 saturated heterocycles. The number of rotatable bonds is 6. The summed E-state index contributed by atoms with van der Waals surface area (Å²) in [6, 6.07) is 5.63. The molecular weight excluding hydrogens is 376 g/mol. The SMILES string of the molecule is Cc1nc(-c2ccc3c(c2)N(CC(=O)OCCC(C)C)C(=O)C(C)O3)c(C)s1. The Morgan fingerprint density at radius 1 is 1.36 bits per heavy atom. The Morgan fingerprint density at radius 2 is 2.11 bits per heavy atom. The number of ether oxygens (including phenoxy) is 2. The third-order valence-electron chi connectivity index (χ3n) is 4.59. The summed E-state index contributed by atoms with van der Waals surface area (Å²) in [6.07, 6.45) is 0.146. The van der Waals surface area contributed by atoms with Gasteiger partial charge in [-0.1, -0.05) is 13.8 Å². The fraction of sp³-hybridized carbons (Fsp3) is 0.476. The molecule has 0 aliphatic carbocycles. The number of esters is 1. The van der Waals surface area contributed by atoms with E-state index >= 15 is 0 Å². The topological polar surface area (TPSA) is 68.7 Å². The number of hydrogen-bond donors (Lipinski definition) is 0. The molecule has 0 saturated carbocycles. The van der Waals surface area contributed by atoms with Crippen molar-refractivity contribution in [1.29, 1.82) is 0 Å². The van der Waals surface area contributed by atoms with Crippen molar-refractivity contribution in [2.24, 2.45) is 5.92 Å². The third-order valence-corrected chi connectivity index (χ3v) is 5.48. The van der Waals surface area contributed by atoms with Crippen LogP contribution in [0.25, 0.3) is 11.3 Å². The lowest BCUT2D eigenvalue weighted by atomic mass is 10.1. The molecule has 1 amide bonds. The van der Waals surface area contributed by atoms with E-state index in [-0.39, 0.29) is 12.5 Å². The molecule has 1 aromatic heterocycles. The summed E-state index contributed by atoms with van der Waals surface area (Å²) in [5, 5.41) is 0.983. The van der Waals surface area contributed by atoms with Gasteiger partial charge in [0, 0.05) is 10.4 Å². The van der Waals surface area contributed by atoms with Crippen LogP contribution >= 0.6 is 11.3 Å². The van der Waals surface area contributed by atoms with Gasteiger partial charge in [-0.05, 0) is 51.3 Å². The van der Waals surface area contributed by atoms with E-state index in [2.05, 4.69) is 18.8 Å². The highest BCUT2D eigenvalue weighted by Crippen LogP contribution is 2.38.